The minimum Gasteiger partial charge on any atom is -0.334 e. The molecule has 4 heteroatoms. The van der Waals surface area contributed by atoms with Gasteiger partial charge in [0.05, 0.1) is 0 Å². The van der Waals surface area contributed by atoms with Crippen LogP contribution in [0, 0.1) is 0 Å². The molecule has 18 heavy (non-hydrogen) atoms. The molecule has 0 spiro atoms. The fourth-order valence-electron chi connectivity index (χ4n) is 2.17. The third kappa shape index (κ3) is 2.83. The Bertz CT molecular complexity index is 438. The van der Waals surface area contributed by atoms with Gasteiger partial charge in [0.1, 0.15) is 0 Å². The van der Waals surface area contributed by atoms with E-state index in [0.717, 1.165) is 23.4 Å². The molecule has 1 saturated heterocycles. The number of hydrogen-bond donors (Lipinski definition) is 0. The quantitative estimate of drug-likeness (QED) is 0.776. The molecular formula is C14H18ClNOS. The summed E-state index contributed by atoms with van der Waals surface area (Å²) in [6.07, 6.45) is 0. The van der Waals surface area contributed by atoms with Crippen molar-refractivity contribution in [1.29, 1.82) is 0 Å². The van der Waals surface area contributed by atoms with Crippen LogP contribution in [0.25, 0.3) is 0 Å². The van der Waals surface area contributed by atoms with Crippen molar-refractivity contribution in [3.05, 3.63) is 35.4 Å². The molecule has 1 aromatic carbocycles. The van der Waals surface area contributed by atoms with Gasteiger partial charge in [0.15, 0.2) is 0 Å². The number of amides is 1. The number of hydrogen-bond acceptors (Lipinski definition) is 2. The minimum atomic E-state index is 0.126. The lowest BCUT2D eigenvalue weighted by molar-refractivity contribution is 0.0698. The van der Waals surface area contributed by atoms with Gasteiger partial charge < -0.3 is 4.90 Å². The van der Waals surface area contributed by atoms with E-state index in [-0.39, 0.29) is 11.9 Å². The van der Waals surface area contributed by atoms with Gasteiger partial charge in [-0.15, -0.1) is 11.6 Å². The molecule has 0 saturated carbocycles. The largest absolute Gasteiger partial charge is 0.334 e. The van der Waals surface area contributed by atoms with Crippen molar-refractivity contribution in [3.8, 4) is 0 Å². The van der Waals surface area contributed by atoms with E-state index in [0.29, 0.717) is 11.1 Å². The Morgan fingerprint density at radius 3 is 3.00 bits per heavy atom. The Balaban J connectivity index is 2.19. The second-order valence-corrected chi connectivity index (χ2v) is 6.40. The Hall–Kier alpha value is -0.670. The summed E-state index contributed by atoms with van der Waals surface area (Å²) in [5.41, 5.74) is 1.74. The Labute approximate surface area is 118 Å². The number of rotatable bonds is 2. The van der Waals surface area contributed by atoms with Crippen molar-refractivity contribution in [1.82, 2.24) is 4.90 Å². The van der Waals surface area contributed by atoms with E-state index in [1.807, 2.05) is 40.9 Å². The lowest BCUT2D eigenvalue weighted by Crippen LogP contribution is -2.47. The molecule has 0 aliphatic carbocycles. The number of nitrogens with zero attached hydrogens (tertiary/aromatic N) is 1. The van der Waals surface area contributed by atoms with Crippen LogP contribution in [0.15, 0.2) is 24.3 Å². The van der Waals surface area contributed by atoms with E-state index in [4.69, 9.17) is 11.6 Å². The van der Waals surface area contributed by atoms with E-state index in [1.165, 1.54) is 0 Å². The zero-order chi connectivity index (χ0) is 13.1. The molecule has 1 aliphatic heterocycles. The average molecular weight is 284 g/mol. The van der Waals surface area contributed by atoms with Gasteiger partial charge in [-0.05, 0) is 24.6 Å². The van der Waals surface area contributed by atoms with Gasteiger partial charge in [-0.25, -0.2) is 0 Å². The molecule has 0 radical (unpaired) electrons. The van der Waals surface area contributed by atoms with Crippen molar-refractivity contribution in [2.45, 2.75) is 31.0 Å². The minimum absolute atomic E-state index is 0.126. The number of alkyl halides is 1. The molecule has 1 aliphatic rings. The smallest absolute Gasteiger partial charge is 0.254 e. The van der Waals surface area contributed by atoms with Gasteiger partial charge in [-0.2, -0.15) is 11.8 Å². The van der Waals surface area contributed by atoms with Gasteiger partial charge in [0, 0.05) is 35.0 Å². The summed E-state index contributed by atoms with van der Waals surface area (Å²) < 4.78 is 0. The number of carbonyl (C=O) groups is 1. The third-order valence-electron chi connectivity index (χ3n) is 3.47. The topological polar surface area (TPSA) is 20.3 Å². The van der Waals surface area contributed by atoms with Crippen LogP contribution in [-0.2, 0) is 5.88 Å². The van der Waals surface area contributed by atoms with E-state index in [1.54, 1.807) is 0 Å². The number of halogens is 1. The highest BCUT2D eigenvalue weighted by molar-refractivity contribution is 8.00. The molecule has 0 aromatic heterocycles. The molecule has 2 unspecified atom stereocenters. The average Bonchev–Trinajstić information content (AvgIpc) is 2.41. The molecule has 2 rings (SSSR count). The molecule has 1 fully saturated rings. The lowest BCUT2D eigenvalue weighted by Gasteiger charge is -2.37. The molecule has 0 bridgehead atoms. The van der Waals surface area contributed by atoms with Crippen LogP contribution in [0.5, 0.6) is 0 Å². The number of thioether (sulfide) groups is 1. The SMILES string of the molecule is CC1SCCN(C(=O)c2cccc(CCl)c2)C1C. The van der Waals surface area contributed by atoms with Crippen LogP contribution < -0.4 is 0 Å². The maximum absolute atomic E-state index is 12.5. The normalized spacial score (nSPS) is 24.1. The van der Waals surface area contributed by atoms with Crippen LogP contribution in [0.1, 0.15) is 29.8 Å². The van der Waals surface area contributed by atoms with Crippen LogP contribution in [0.3, 0.4) is 0 Å². The zero-order valence-corrected chi connectivity index (χ0v) is 12.3. The van der Waals surface area contributed by atoms with Crippen molar-refractivity contribution in [3.63, 3.8) is 0 Å². The molecule has 2 nitrogen and oxygen atoms in total. The maximum Gasteiger partial charge on any atom is 0.254 e. The standard InChI is InChI=1S/C14H18ClNOS/c1-10-11(2)18-7-6-16(10)14(17)13-5-3-4-12(8-13)9-15/h3-5,8,10-11H,6-7,9H2,1-2H3. The number of benzene rings is 1. The van der Waals surface area contributed by atoms with Gasteiger partial charge >= 0.3 is 0 Å². The molecule has 98 valence electrons. The summed E-state index contributed by atoms with van der Waals surface area (Å²) >= 11 is 7.75. The van der Waals surface area contributed by atoms with E-state index in [9.17, 15) is 4.79 Å². The second kappa shape index (κ2) is 5.98. The Kier molecular flexibility index (Phi) is 4.57. The zero-order valence-electron chi connectivity index (χ0n) is 10.7. The second-order valence-electron chi connectivity index (χ2n) is 4.65. The molecule has 0 N–H and O–H groups in total. The monoisotopic (exact) mass is 283 g/mol. The highest BCUT2D eigenvalue weighted by atomic mass is 35.5. The van der Waals surface area contributed by atoms with Crippen LogP contribution >= 0.6 is 23.4 Å². The van der Waals surface area contributed by atoms with Crippen LogP contribution in [-0.4, -0.2) is 34.4 Å². The summed E-state index contributed by atoms with van der Waals surface area (Å²) in [5, 5.41) is 0.499. The predicted octanol–water partition coefficient (Wildman–Crippen LogP) is 3.39. The molecular weight excluding hydrogens is 266 g/mol. The summed E-state index contributed by atoms with van der Waals surface area (Å²) in [6, 6.07) is 7.90. The fourth-order valence-corrected chi connectivity index (χ4v) is 3.44. The first kappa shape index (κ1) is 13.8. The van der Waals surface area contributed by atoms with Crippen molar-refractivity contribution in [2.24, 2.45) is 0 Å². The number of carbonyl (C=O) groups excluding carboxylic acids is 1. The first-order chi connectivity index (χ1) is 8.63. The van der Waals surface area contributed by atoms with Crippen molar-refractivity contribution >= 4 is 29.3 Å². The molecule has 1 amide bonds. The van der Waals surface area contributed by atoms with Gasteiger partial charge in [-0.3, -0.25) is 4.79 Å². The van der Waals surface area contributed by atoms with E-state index < -0.39 is 0 Å². The van der Waals surface area contributed by atoms with Crippen molar-refractivity contribution < 1.29 is 4.79 Å². The van der Waals surface area contributed by atoms with Gasteiger partial charge in [-0.1, -0.05) is 19.1 Å². The highest BCUT2D eigenvalue weighted by Crippen LogP contribution is 2.25. The Morgan fingerprint density at radius 1 is 1.50 bits per heavy atom. The van der Waals surface area contributed by atoms with E-state index in [2.05, 4.69) is 13.8 Å². The molecule has 1 aromatic rings. The van der Waals surface area contributed by atoms with Gasteiger partial charge in [0.2, 0.25) is 0 Å². The molecule has 2 atom stereocenters. The van der Waals surface area contributed by atoms with Crippen molar-refractivity contribution in [2.75, 3.05) is 12.3 Å². The predicted molar refractivity (Wildman–Crippen MR) is 78.4 cm³/mol. The van der Waals surface area contributed by atoms with Gasteiger partial charge in [0.25, 0.3) is 5.91 Å². The molecule has 1 heterocycles. The van der Waals surface area contributed by atoms with Crippen LogP contribution in [0.2, 0.25) is 0 Å². The first-order valence-electron chi connectivity index (χ1n) is 6.21. The summed E-state index contributed by atoms with van der Waals surface area (Å²) in [5.74, 6) is 1.59. The third-order valence-corrected chi connectivity index (χ3v) is 5.12. The maximum atomic E-state index is 12.5. The summed E-state index contributed by atoms with van der Waals surface area (Å²) in [4.78, 5) is 14.5. The first-order valence-corrected chi connectivity index (χ1v) is 7.79. The Morgan fingerprint density at radius 2 is 2.28 bits per heavy atom. The van der Waals surface area contributed by atoms with Crippen LogP contribution in [0.4, 0.5) is 0 Å². The highest BCUT2D eigenvalue weighted by Gasteiger charge is 2.29. The summed E-state index contributed by atoms with van der Waals surface area (Å²) in [7, 11) is 0. The lowest BCUT2D eigenvalue weighted by atomic mass is 10.1. The summed E-state index contributed by atoms with van der Waals surface area (Å²) in [6.45, 7) is 5.14. The fraction of sp³-hybridized carbons (Fsp3) is 0.500. The van der Waals surface area contributed by atoms with E-state index >= 15 is 0 Å².